The zero-order valence-corrected chi connectivity index (χ0v) is 14.3. The number of aliphatic hydroxyl groups excluding tert-OH is 1. The quantitative estimate of drug-likeness (QED) is 0.895. The Bertz CT molecular complexity index is 562. The Morgan fingerprint density at radius 1 is 1.42 bits per heavy atom. The molecule has 0 aromatic heterocycles. The van der Waals surface area contributed by atoms with Gasteiger partial charge in [0, 0.05) is 18.9 Å². The van der Waals surface area contributed by atoms with Crippen molar-refractivity contribution in [1.82, 2.24) is 4.90 Å². The first-order valence-electron chi connectivity index (χ1n) is 8.87. The molecule has 1 aromatic rings. The number of aryl methyl sites for hydroxylation is 1. The summed E-state index contributed by atoms with van der Waals surface area (Å²) in [4.78, 5) is 14.7. The summed E-state index contributed by atoms with van der Waals surface area (Å²) in [6, 6.07) is 7.88. The van der Waals surface area contributed by atoms with Gasteiger partial charge in [0.15, 0.2) is 0 Å². The van der Waals surface area contributed by atoms with Crippen molar-refractivity contribution < 1.29 is 19.4 Å². The number of ether oxygens (including phenoxy) is 2. The topological polar surface area (TPSA) is 59.0 Å². The van der Waals surface area contributed by atoms with Gasteiger partial charge in [0.2, 0.25) is 5.91 Å². The first-order chi connectivity index (χ1) is 11.7. The van der Waals surface area contributed by atoms with Gasteiger partial charge in [0.25, 0.3) is 0 Å². The normalized spacial score (nSPS) is 27.2. The van der Waals surface area contributed by atoms with Crippen LogP contribution in [0.3, 0.4) is 0 Å². The number of morpholine rings is 1. The van der Waals surface area contributed by atoms with Crippen LogP contribution in [0.2, 0.25) is 0 Å². The van der Waals surface area contributed by atoms with E-state index in [0.29, 0.717) is 32.6 Å². The lowest BCUT2D eigenvalue weighted by molar-refractivity contribution is -0.143. The van der Waals surface area contributed by atoms with Crippen molar-refractivity contribution in [1.29, 1.82) is 0 Å². The van der Waals surface area contributed by atoms with E-state index in [2.05, 4.69) is 0 Å². The van der Waals surface area contributed by atoms with Crippen molar-refractivity contribution in [2.75, 3.05) is 26.9 Å². The molecule has 5 heteroatoms. The molecule has 3 atom stereocenters. The van der Waals surface area contributed by atoms with Gasteiger partial charge in [-0.05, 0) is 37.0 Å². The number of nitrogens with zero attached hydrogens (tertiary/aromatic N) is 1. The molecule has 1 saturated heterocycles. The van der Waals surface area contributed by atoms with Crippen LogP contribution in [0.1, 0.15) is 31.2 Å². The van der Waals surface area contributed by atoms with Crippen molar-refractivity contribution in [2.24, 2.45) is 5.92 Å². The van der Waals surface area contributed by atoms with Crippen molar-refractivity contribution >= 4 is 5.91 Å². The summed E-state index contributed by atoms with van der Waals surface area (Å²) in [5.41, 5.74) is 1.11. The van der Waals surface area contributed by atoms with Crippen LogP contribution in [0.5, 0.6) is 5.75 Å². The molecule has 1 saturated carbocycles. The molecule has 1 amide bonds. The van der Waals surface area contributed by atoms with Crippen molar-refractivity contribution in [3.8, 4) is 5.75 Å². The number of hydrogen-bond acceptors (Lipinski definition) is 4. The number of carbonyl (C=O) groups is 1. The molecule has 24 heavy (non-hydrogen) atoms. The summed E-state index contributed by atoms with van der Waals surface area (Å²) < 4.78 is 10.8. The van der Waals surface area contributed by atoms with Crippen LogP contribution in [0, 0.1) is 5.92 Å². The van der Waals surface area contributed by atoms with Gasteiger partial charge in [0.1, 0.15) is 5.75 Å². The minimum Gasteiger partial charge on any atom is -0.497 e. The first kappa shape index (κ1) is 17.2. The molecule has 1 aromatic carbocycles. The number of aliphatic hydroxyl groups is 1. The molecule has 1 aliphatic carbocycles. The van der Waals surface area contributed by atoms with Crippen molar-refractivity contribution in [3.05, 3.63) is 29.8 Å². The number of rotatable bonds is 5. The van der Waals surface area contributed by atoms with Gasteiger partial charge in [-0.25, -0.2) is 0 Å². The summed E-state index contributed by atoms with van der Waals surface area (Å²) >= 11 is 0. The van der Waals surface area contributed by atoms with Crippen molar-refractivity contribution in [3.63, 3.8) is 0 Å². The second kappa shape index (κ2) is 7.99. The van der Waals surface area contributed by atoms with E-state index in [-0.39, 0.29) is 24.0 Å². The van der Waals surface area contributed by atoms with E-state index in [1.165, 1.54) is 0 Å². The second-order valence-electron chi connectivity index (χ2n) is 6.74. The van der Waals surface area contributed by atoms with Crippen LogP contribution >= 0.6 is 0 Å². The number of methoxy groups -OCH3 is 1. The summed E-state index contributed by atoms with van der Waals surface area (Å²) in [6.45, 7) is 1.77. The smallest absolute Gasteiger partial charge is 0.223 e. The molecular formula is C19H27NO4. The highest BCUT2D eigenvalue weighted by molar-refractivity contribution is 5.77. The highest BCUT2D eigenvalue weighted by atomic mass is 16.5. The predicted molar refractivity (Wildman–Crippen MR) is 91.0 cm³/mol. The number of amides is 1. The Labute approximate surface area is 143 Å². The highest BCUT2D eigenvalue weighted by Gasteiger charge is 2.39. The zero-order valence-electron chi connectivity index (χ0n) is 14.3. The van der Waals surface area contributed by atoms with Crippen molar-refractivity contribution in [2.45, 2.75) is 44.2 Å². The van der Waals surface area contributed by atoms with Crippen LogP contribution in [0.15, 0.2) is 24.3 Å². The largest absolute Gasteiger partial charge is 0.497 e. The molecule has 1 N–H and O–H groups in total. The number of carbonyl (C=O) groups excluding carboxylic acids is 1. The lowest BCUT2D eigenvalue weighted by atomic mass is 9.93. The SMILES string of the molecule is COc1cccc(CCC(=O)N2CCOC[C@@H]2[C@H]2CCC[C@@H]2O)c1. The van der Waals surface area contributed by atoms with Gasteiger partial charge in [-0.2, -0.15) is 0 Å². The molecule has 1 aliphatic heterocycles. The third-order valence-electron chi connectivity index (χ3n) is 5.27. The highest BCUT2D eigenvalue weighted by Crippen LogP contribution is 2.32. The van der Waals surface area contributed by atoms with Crippen LogP contribution in [0.25, 0.3) is 0 Å². The first-order valence-corrected chi connectivity index (χ1v) is 8.87. The van der Waals surface area contributed by atoms with E-state index in [0.717, 1.165) is 30.6 Å². The van der Waals surface area contributed by atoms with Crippen LogP contribution in [-0.4, -0.2) is 54.9 Å². The molecule has 2 aliphatic rings. The molecular weight excluding hydrogens is 306 g/mol. The Balaban J connectivity index is 1.61. The monoisotopic (exact) mass is 333 g/mol. The maximum absolute atomic E-state index is 12.8. The molecule has 1 heterocycles. The summed E-state index contributed by atoms with van der Waals surface area (Å²) in [5, 5.41) is 10.2. The average Bonchev–Trinajstić information content (AvgIpc) is 3.05. The van der Waals surface area contributed by atoms with Crippen LogP contribution in [-0.2, 0) is 16.0 Å². The van der Waals surface area contributed by atoms with Crippen LogP contribution < -0.4 is 4.74 Å². The zero-order chi connectivity index (χ0) is 16.9. The molecule has 0 spiro atoms. The van der Waals surface area contributed by atoms with Gasteiger partial charge >= 0.3 is 0 Å². The van der Waals surface area contributed by atoms with Gasteiger partial charge in [0.05, 0.1) is 32.5 Å². The third-order valence-corrected chi connectivity index (χ3v) is 5.27. The van der Waals surface area contributed by atoms with Gasteiger partial charge in [-0.15, -0.1) is 0 Å². The minimum absolute atomic E-state index is 0.0223. The summed E-state index contributed by atoms with van der Waals surface area (Å²) in [6.07, 6.45) is 3.74. The lowest BCUT2D eigenvalue weighted by Crippen LogP contribution is -2.53. The fourth-order valence-electron chi connectivity index (χ4n) is 3.93. The lowest BCUT2D eigenvalue weighted by Gasteiger charge is -2.40. The van der Waals surface area contributed by atoms with E-state index in [1.54, 1.807) is 7.11 Å². The maximum atomic E-state index is 12.8. The number of hydrogen-bond donors (Lipinski definition) is 1. The molecule has 0 bridgehead atoms. The number of benzene rings is 1. The molecule has 3 rings (SSSR count). The molecule has 132 valence electrons. The Morgan fingerprint density at radius 3 is 3.04 bits per heavy atom. The third kappa shape index (κ3) is 3.90. The summed E-state index contributed by atoms with van der Waals surface area (Å²) in [5.74, 6) is 1.13. The van der Waals surface area contributed by atoms with E-state index >= 15 is 0 Å². The fourth-order valence-corrected chi connectivity index (χ4v) is 3.93. The van der Waals surface area contributed by atoms with E-state index in [4.69, 9.17) is 9.47 Å². The Hall–Kier alpha value is -1.59. The Kier molecular flexibility index (Phi) is 5.74. The second-order valence-corrected chi connectivity index (χ2v) is 6.74. The fraction of sp³-hybridized carbons (Fsp3) is 0.632. The van der Waals surface area contributed by atoms with Gasteiger partial charge in [-0.3, -0.25) is 4.79 Å². The molecule has 2 fully saturated rings. The molecule has 0 unspecified atom stereocenters. The molecule has 5 nitrogen and oxygen atoms in total. The van der Waals surface area contributed by atoms with E-state index in [1.807, 2.05) is 29.2 Å². The van der Waals surface area contributed by atoms with Crippen LogP contribution in [0.4, 0.5) is 0 Å². The van der Waals surface area contributed by atoms with E-state index < -0.39 is 0 Å². The average molecular weight is 333 g/mol. The standard InChI is InChI=1S/C19H27NO4/c1-23-15-5-2-4-14(12-15)8-9-19(22)20-10-11-24-13-17(20)16-6-3-7-18(16)21/h2,4-5,12,16-18,21H,3,6-11,13H2,1H3/t16-,17-,18+/m1/s1. The summed E-state index contributed by atoms with van der Waals surface area (Å²) in [7, 11) is 1.65. The maximum Gasteiger partial charge on any atom is 0.223 e. The predicted octanol–water partition coefficient (Wildman–Crippen LogP) is 2.02. The molecule has 0 radical (unpaired) electrons. The van der Waals surface area contributed by atoms with Gasteiger partial charge in [-0.1, -0.05) is 18.6 Å². The van der Waals surface area contributed by atoms with E-state index in [9.17, 15) is 9.90 Å². The Morgan fingerprint density at radius 2 is 2.29 bits per heavy atom. The van der Waals surface area contributed by atoms with Gasteiger partial charge < -0.3 is 19.5 Å². The minimum atomic E-state index is -0.301.